The quantitative estimate of drug-likeness (QED) is 0.00395. The van der Waals surface area contributed by atoms with Crippen LogP contribution < -0.4 is 87.3 Å². The second-order valence-electron chi connectivity index (χ2n) is 25.3. The summed E-state index contributed by atoms with van der Waals surface area (Å²) < 4.78 is 83.7. The second-order valence-corrected chi connectivity index (χ2v) is 26.0. The Bertz CT molecular complexity index is 5230. The van der Waals surface area contributed by atoms with Crippen LogP contribution in [0.5, 0.6) is 92.0 Å². The SMILES string of the molecule is COc1ccc(/C=C/C(=O)/C(CC(N)=O)=C(O)/C=C/c2ccc(OC)c(OC)c2)cc1OC.COc1ccc(/C=C/C(=O)/C=C(O)/C=C/c2ccc(OC)c(OC)c2)cc1OC.COc1ccc(/C=C/C(=O)/C=C(O)/C=C/c2ccc(OC)c(OC)c2)cc1OC.COc1ccc(/C=C/C(=O)C(=CO)C(=O)/C=C/c2ccc(OC)c(OC)c2)cc1OC.NC(=O)CI. The van der Waals surface area contributed by atoms with Crippen molar-refractivity contribution in [2.45, 2.75) is 6.42 Å². The van der Waals surface area contributed by atoms with Crippen LogP contribution in [0.3, 0.4) is 0 Å². The number of nitrogens with two attached hydrogens (primary N) is 2. The molecule has 0 unspecified atom stereocenters. The van der Waals surface area contributed by atoms with Crippen molar-refractivity contribution in [3.05, 3.63) is 286 Å². The smallest absolute Gasteiger partial charge is 0.227 e. The zero-order chi connectivity index (χ0) is 93.9. The van der Waals surface area contributed by atoms with Gasteiger partial charge in [-0.05, 0) is 190 Å². The predicted molar refractivity (Wildman–Crippen MR) is 497 cm³/mol. The number of rotatable bonds is 40. The molecule has 8 N–H and O–H groups in total. The molecule has 8 rings (SSSR count). The number of carbonyl (C=O) groups excluding carboxylic acids is 7. The average Bonchev–Trinajstić information content (AvgIpc) is 0.852. The third kappa shape index (κ3) is 35.2. The summed E-state index contributed by atoms with van der Waals surface area (Å²) in [4.78, 5) is 82.7. The van der Waals surface area contributed by atoms with E-state index in [1.54, 1.807) is 221 Å². The van der Waals surface area contributed by atoms with Crippen LogP contribution >= 0.6 is 22.6 Å². The summed E-state index contributed by atoms with van der Waals surface area (Å²) in [5.41, 5.74) is 15.2. The summed E-state index contributed by atoms with van der Waals surface area (Å²) in [5, 5.41) is 39.9. The number of primary amides is 2. The lowest BCUT2D eigenvalue weighted by atomic mass is 10.0. The van der Waals surface area contributed by atoms with E-state index < -0.39 is 29.7 Å². The number of hydrogen-bond acceptors (Lipinski definition) is 27. The van der Waals surface area contributed by atoms with Crippen molar-refractivity contribution < 1.29 is 130 Å². The van der Waals surface area contributed by atoms with E-state index in [9.17, 15) is 54.0 Å². The number of amides is 2. The topological polar surface area (TPSA) is 400 Å². The van der Waals surface area contributed by atoms with Crippen molar-refractivity contribution in [3.63, 3.8) is 0 Å². The Kier molecular flexibility index (Phi) is 46.2. The molecule has 0 heterocycles. The number of alkyl halides is 1. The zero-order valence-corrected chi connectivity index (χ0v) is 75.1. The molecule has 0 aliphatic rings. The molecule has 670 valence electrons. The van der Waals surface area contributed by atoms with Crippen molar-refractivity contribution in [2.24, 2.45) is 11.5 Å². The lowest BCUT2D eigenvalue weighted by Gasteiger charge is -2.08. The Morgan fingerprint density at radius 1 is 0.276 bits per heavy atom. The molecule has 30 heteroatoms. The Balaban J connectivity index is 0.000000348. The van der Waals surface area contributed by atoms with E-state index >= 15 is 0 Å². The number of methoxy groups -OCH3 is 16. The van der Waals surface area contributed by atoms with Crippen molar-refractivity contribution in [3.8, 4) is 92.0 Å². The van der Waals surface area contributed by atoms with Crippen LogP contribution in [0.4, 0.5) is 0 Å². The van der Waals surface area contributed by atoms with Gasteiger partial charge in [-0.15, -0.1) is 0 Å². The van der Waals surface area contributed by atoms with E-state index in [0.29, 0.717) is 125 Å². The van der Waals surface area contributed by atoms with E-state index in [4.69, 9.17) is 81.5 Å². The third-order valence-corrected chi connectivity index (χ3v) is 17.8. The first kappa shape index (κ1) is 104. The molecule has 0 aliphatic heterocycles. The molecule has 0 saturated heterocycles. The molecule has 2 amide bonds. The molecule has 0 aliphatic carbocycles. The monoisotopic (exact) mass is 1850 g/mol. The van der Waals surface area contributed by atoms with Gasteiger partial charge in [-0.3, -0.25) is 33.6 Å². The second kappa shape index (κ2) is 56.4. The Labute approximate surface area is 751 Å². The molecular weight excluding hydrogens is 1750 g/mol. The first-order valence-corrected chi connectivity index (χ1v) is 39.2. The van der Waals surface area contributed by atoms with E-state index in [1.165, 1.54) is 124 Å². The van der Waals surface area contributed by atoms with E-state index in [2.05, 4.69) is 5.73 Å². The van der Waals surface area contributed by atoms with Gasteiger partial charge in [-0.2, -0.15) is 0 Å². The summed E-state index contributed by atoms with van der Waals surface area (Å²) in [6.07, 6.45) is 25.6. The van der Waals surface area contributed by atoms with Gasteiger partial charge in [0.1, 0.15) is 22.9 Å². The number of hydrogen-bond donors (Lipinski definition) is 6. The maximum atomic E-state index is 12.7. The lowest BCUT2D eigenvalue weighted by molar-refractivity contribution is -0.119. The number of aliphatic hydroxyl groups excluding tert-OH is 4. The van der Waals surface area contributed by atoms with Gasteiger partial charge in [0.2, 0.25) is 11.8 Å². The number of aliphatic hydroxyl groups is 4. The van der Waals surface area contributed by atoms with E-state index in [-0.39, 0.29) is 45.9 Å². The van der Waals surface area contributed by atoms with Gasteiger partial charge < -0.3 is 108 Å². The molecular formula is C97H103IN2O27. The Morgan fingerprint density at radius 2 is 0.465 bits per heavy atom. The third-order valence-electron chi connectivity index (χ3n) is 17.1. The number of ketones is 5. The largest absolute Gasteiger partial charge is 0.515 e. The molecule has 0 aromatic heterocycles. The highest BCUT2D eigenvalue weighted by molar-refractivity contribution is 14.1. The summed E-state index contributed by atoms with van der Waals surface area (Å²) in [6.45, 7) is 0. The molecule has 0 atom stereocenters. The van der Waals surface area contributed by atoms with Crippen LogP contribution in [0, 0.1) is 0 Å². The molecule has 8 aromatic rings. The Morgan fingerprint density at radius 3 is 0.654 bits per heavy atom. The summed E-state index contributed by atoms with van der Waals surface area (Å²) in [7, 11) is 24.5. The zero-order valence-electron chi connectivity index (χ0n) is 73.0. The molecule has 127 heavy (non-hydrogen) atoms. The maximum Gasteiger partial charge on any atom is 0.227 e. The van der Waals surface area contributed by atoms with Gasteiger partial charge in [0.25, 0.3) is 0 Å². The summed E-state index contributed by atoms with van der Waals surface area (Å²) >= 11 is 1.90. The molecule has 0 spiro atoms. The standard InChI is InChI=1S/C25H27NO7.C24H24O7.2C23H24O6.C2H4INO/c1-30-21-11-7-16(13-23(21)32-3)5-9-19(27)18(15-25(26)29)20(28)10-6-17-8-12-22(31-2)24(14-17)33-4;1-28-21-11-7-16(13-23(21)30-3)5-9-19(26)18(15-25)20(27)10-6-17-8-12-22(29-2)24(14-17)31-4;2*1-26-20-11-7-16(13-22(20)28-3)5-9-18(24)15-19(25)10-6-17-8-12-21(27-2)23(14-17)29-4;3-1-2(4)5/h5-14,27H,15H2,1-4H3,(H2,26,29);5-15,25H,1-4H3;2*5-15,24H,1-4H3;1H2,(H2,4,5)/b9-5+,10-6+,19-18-;9-5+,10-6+;2*9-5+,10-6+,18-15-;. The highest BCUT2D eigenvalue weighted by Crippen LogP contribution is 2.35. The first-order valence-electron chi connectivity index (χ1n) is 37.7. The minimum atomic E-state index is -0.746. The molecule has 0 bridgehead atoms. The molecule has 8 aromatic carbocycles. The van der Waals surface area contributed by atoms with Gasteiger partial charge >= 0.3 is 0 Å². The molecule has 29 nitrogen and oxygen atoms in total. The van der Waals surface area contributed by atoms with Crippen LogP contribution in [0.1, 0.15) is 50.9 Å². The number of halogens is 1. The maximum absolute atomic E-state index is 12.7. The normalized spacial score (nSPS) is 11.3. The van der Waals surface area contributed by atoms with Gasteiger partial charge in [-0.25, -0.2) is 0 Å². The first-order chi connectivity index (χ1) is 61.1. The van der Waals surface area contributed by atoms with Crippen LogP contribution in [0.2, 0.25) is 0 Å². The number of benzene rings is 8. The van der Waals surface area contributed by atoms with Crippen molar-refractivity contribution in [1.29, 1.82) is 0 Å². The van der Waals surface area contributed by atoms with Crippen LogP contribution in [0.25, 0.3) is 48.6 Å². The fourth-order valence-corrected chi connectivity index (χ4v) is 10.7. The molecule has 0 saturated carbocycles. The fraction of sp³-hybridized carbons (Fsp3) is 0.186. The van der Waals surface area contributed by atoms with Crippen molar-refractivity contribution in [2.75, 3.05) is 118 Å². The Hall–Kier alpha value is -15.3. The van der Waals surface area contributed by atoms with Gasteiger partial charge in [0, 0.05) is 12.2 Å². The number of allylic oxidation sites excluding steroid dienone is 11. The van der Waals surface area contributed by atoms with Crippen LogP contribution in [-0.2, 0) is 33.6 Å². The van der Waals surface area contributed by atoms with Gasteiger partial charge in [0.05, 0.1) is 136 Å². The molecule has 0 radical (unpaired) electrons. The summed E-state index contributed by atoms with van der Waals surface area (Å²) in [6, 6.07) is 41.8. The van der Waals surface area contributed by atoms with Gasteiger partial charge in [0.15, 0.2) is 121 Å². The minimum Gasteiger partial charge on any atom is -0.515 e. The highest BCUT2D eigenvalue weighted by atomic mass is 127. The van der Waals surface area contributed by atoms with Gasteiger partial charge in [-0.1, -0.05) is 120 Å². The van der Waals surface area contributed by atoms with Crippen LogP contribution in [0.15, 0.2) is 241 Å². The fourth-order valence-electron chi connectivity index (χ4n) is 10.7. The van der Waals surface area contributed by atoms with Crippen molar-refractivity contribution >= 4 is 112 Å². The predicted octanol–water partition coefficient (Wildman–Crippen LogP) is 16.6. The summed E-state index contributed by atoms with van der Waals surface area (Å²) in [5.74, 6) is 4.70. The highest BCUT2D eigenvalue weighted by Gasteiger charge is 2.18. The average molecular weight is 1860 g/mol. The van der Waals surface area contributed by atoms with E-state index in [1.807, 2.05) is 34.7 Å². The molecule has 0 fully saturated rings. The van der Waals surface area contributed by atoms with Crippen molar-refractivity contribution in [1.82, 2.24) is 0 Å². The number of ether oxygens (including phenoxy) is 16. The van der Waals surface area contributed by atoms with Crippen LogP contribution in [-0.4, -0.2) is 179 Å². The van der Waals surface area contributed by atoms with E-state index in [0.717, 1.165) is 34.4 Å². The minimum absolute atomic E-state index is 0.129. The number of carbonyl (C=O) groups is 7. The lowest BCUT2D eigenvalue weighted by Crippen LogP contribution is -2.15.